The van der Waals surface area contributed by atoms with E-state index in [1.807, 2.05) is 13.2 Å². The van der Waals surface area contributed by atoms with Crippen LogP contribution in [0.25, 0.3) is 0 Å². The summed E-state index contributed by atoms with van der Waals surface area (Å²) in [5, 5.41) is 3.64. The van der Waals surface area contributed by atoms with E-state index in [4.69, 9.17) is 14.2 Å². The molecule has 1 aliphatic rings. The van der Waals surface area contributed by atoms with Crippen molar-refractivity contribution in [3.05, 3.63) is 23.8 Å². The molecule has 21 heavy (non-hydrogen) atoms. The van der Waals surface area contributed by atoms with Crippen LogP contribution in [0.2, 0.25) is 0 Å². The van der Waals surface area contributed by atoms with Crippen LogP contribution in [0, 0.1) is 0 Å². The number of benzene rings is 1. The number of rotatable bonds is 7. The molecule has 0 spiro atoms. The first kappa shape index (κ1) is 16.1. The van der Waals surface area contributed by atoms with Crippen molar-refractivity contribution in [1.82, 2.24) is 5.32 Å². The number of methoxy groups -OCH3 is 3. The minimum Gasteiger partial charge on any atom is -0.493 e. The van der Waals surface area contributed by atoms with Crippen molar-refractivity contribution in [3.8, 4) is 11.5 Å². The highest BCUT2D eigenvalue weighted by atomic mass is 16.5. The molecule has 0 aliphatic heterocycles. The Morgan fingerprint density at radius 3 is 2.52 bits per heavy atom. The monoisotopic (exact) mass is 293 g/mol. The summed E-state index contributed by atoms with van der Waals surface area (Å²) >= 11 is 0. The van der Waals surface area contributed by atoms with Gasteiger partial charge in [0, 0.05) is 13.2 Å². The summed E-state index contributed by atoms with van der Waals surface area (Å²) in [4.78, 5) is 0. The Morgan fingerprint density at radius 1 is 1.05 bits per heavy atom. The highest BCUT2D eigenvalue weighted by Gasteiger charge is 2.23. The maximum atomic E-state index is 5.57. The molecule has 0 bridgehead atoms. The molecule has 1 saturated carbocycles. The van der Waals surface area contributed by atoms with Gasteiger partial charge in [-0.25, -0.2) is 0 Å². The Morgan fingerprint density at radius 2 is 1.81 bits per heavy atom. The number of nitrogens with one attached hydrogen (secondary N) is 1. The molecule has 118 valence electrons. The van der Waals surface area contributed by atoms with Crippen molar-refractivity contribution in [3.63, 3.8) is 0 Å². The lowest BCUT2D eigenvalue weighted by atomic mass is 9.92. The van der Waals surface area contributed by atoms with Gasteiger partial charge in [0.2, 0.25) is 0 Å². The molecule has 0 heterocycles. The lowest BCUT2D eigenvalue weighted by Gasteiger charge is -2.31. The molecule has 1 aromatic carbocycles. The molecule has 4 heteroatoms. The largest absolute Gasteiger partial charge is 0.493 e. The third kappa shape index (κ3) is 4.35. The number of ether oxygens (including phenoxy) is 3. The highest BCUT2D eigenvalue weighted by Crippen LogP contribution is 2.27. The van der Waals surface area contributed by atoms with E-state index < -0.39 is 0 Å². The third-order valence-electron chi connectivity index (χ3n) is 4.27. The minimum absolute atomic E-state index is 0.365. The average molecular weight is 293 g/mol. The second-order valence-electron chi connectivity index (χ2n) is 5.56. The zero-order valence-electron chi connectivity index (χ0n) is 13.4. The van der Waals surface area contributed by atoms with Gasteiger partial charge in [-0.3, -0.25) is 0 Å². The summed E-state index contributed by atoms with van der Waals surface area (Å²) in [6.45, 7) is 0.958. The molecular weight excluding hydrogens is 266 g/mol. The molecular formula is C17H27NO3. The van der Waals surface area contributed by atoms with E-state index >= 15 is 0 Å². The molecule has 1 N–H and O–H groups in total. The molecule has 2 unspecified atom stereocenters. The van der Waals surface area contributed by atoms with Crippen molar-refractivity contribution >= 4 is 0 Å². The van der Waals surface area contributed by atoms with Gasteiger partial charge < -0.3 is 19.5 Å². The van der Waals surface area contributed by atoms with E-state index in [1.165, 1.54) is 31.2 Å². The van der Waals surface area contributed by atoms with Crippen molar-refractivity contribution in [1.29, 1.82) is 0 Å². The van der Waals surface area contributed by atoms with Crippen LogP contribution in [0.4, 0.5) is 0 Å². The van der Waals surface area contributed by atoms with Gasteiger partial charge >= 0.3 is 0 Å². The van der Waals surface area contributed by atoms with Crippen LogP contribution in [0.15, 0.2) is 18.2 Å². The summed E-state index contributed by atoms with van der Waals surface area (Å²) in [5.41, 5.74) is 1.25. The standard InChI is InChI=1S/C17H27NO3/c1-19-15-7-5-4-6-14(15)18-11-10-13-8-9-16(20-2)17(12-13)21-3/h8-9,12,14-15,18H,4-7,10-11H2,1-3H3. The van der Waals surface area contributed by atoms with Crippen LogP contribution < -0.4 is 14.8 Å². The smallest absolute Gasteiger partial charge is 0.160 e. The normalized spacial score (nSPS) is 22.0. The van der Waals surface area contributed by atoms with Gasteiger partial charge in [0.05, 0.1) is 20.3 Å². The van der Waals surface area contributed by atoms with Crippen LogP contribution in [-0.4, -0.2) is 40.0 Å². The van der Waals surface area contributed by atoms with Crippen molar-refractivity contribution in [2.75, 3.05) is 27.9 Å². The van der Waals surface area contributed by atoms with Gasteiger partial charge in [0.15, 0.2) is 11.5 Å². The van der Waals surface area contributed by atoms with Gasteiger partial charge in [-0.1, -0.05) is 18.9 Å². The second-order valence-corrected chi connectivity index (χ2v) is 5.56. The molecule has 0 saturated heterocycles. The lowest BCUT2D eigenvalue weighted by Crippen LogP contribution is -2.43. The molecule has 2 rings (SSSR count). The van der Waals surface area contributed by atoms with E-state index in [9.17, 15) is 0 Å². The van der Waals surface area contributed by atoms with E-state index in [2.05, 4.69) is 17.4 Å². The first-order valence-electron chi connectivity index (χ1n) is 7.75. The average Bonchev–Trinajstić information content (AvgIpc) is 2.55. The van der Waals surface area contributed by atoms with E-state index in [0.29, 0.717) is 12.1 Å². The Balaban J connectivity index is 1.85. The van der Waals surface area contributed by atoms with Gasteiger partial charge in [0.25, 0.3) is 0 Å². The highest BCUT2D eigenvalue weighted by molar-refractivity contribution is 5.42. The summed E-state index contributed by atoms with van der Waals surface area (Å²) in [6, 6.07) is 6.60. The Bertz CT molecular complexity index is 436. The molecule has 1 fully saturated rings. The lowest BCUT2D eigenvalue weighted by molar-refractivity contribution is 0.0421. The van der Waals surface area contributed by atoms with Crippen LogP contribution in [0.1, 0.15) is 31.2 Å². The zero-order valence-corrected chi connectivity index (χ0v) is 13.4. The molecule has 1 aliphatic carbocycles. The molecule has 0 aromatic heterocycles. The third-order valence-corrected chi connectivity index (χ3v) is 4.27. The van der Waals surface area contributed by atoms with E-state index in [0.717, 1.165) is 24.5 Å². The van der Waals surface area contributed by atoms with Gasteiger partial charge in [-0.15, -0.1) is 0 Å². The van der Waals surface area contributed by atoms with Crippen LogP contribution in [-0.2, 0) is 11.2 Å². The molecule has 0 radical (unpaired) electrons. The van der Waals surface area contributed by atoms with E-state index in [1.54, 1.807) is 14.2 Å². The number of hydrogen-bond donors (Lipinski definition) is 1. The van der Waals surface area contributed by atoms with Crippen LogP contribution >= 0.6 is 0 Å². The van der Waals surface area contributed by atoms with Crippen molar-refractivity contribution < 1.29 is 14.2 Å². The fourth-order valence-electron chi connectivity index (χ4n) is 3.05. The van der Waals surface area contributed by atoms with Crippen LogP contribution in [0.5, 0.6) is 11.5 Å². The quantitative estimate of drug-likeness (QED) is 0.839. The fraction of sp³-hybridized carbons (Fsp3) is 0.647. The summed E-state index contributed by atoms with van der Waals surface area (Å²) in [7, 11) is 5.15. The number of hydrogen-bond acceptors (Lipinski definition) is 4. The summed E-state index contributed by atoms with van der Waals surface area (Å²) in [6.07, 6.45) is 6.31. The Hall–Kier alpha value is -1.26. The predicted octanol–water partition coefficient (Wildman–Crippen LogP) is 2.79. The van der Waals surface area contributed by atoms with Crippen LogP contribution in [0.3, 0.4) is 0 Å². The molecule has 2 atom stereocenters. The predicted molar refractivity (Wildman–Crippen MR) is 84.3 cm³/mol. The first-order valence-corrected chi connectivity index (χ1v) is 7.75. The second kappa shape index (κ2) is 8.25. The van der Waals surface area contributed by atoms with Crippen molar-refractivity contribution in [2.45, 2.75) is 44.2 Å². The molecule has 1 aromatic rings. The maximum absolute atomic E-state index is 5.57. The molecule has 0 amide bonds. The maximum Gasteiger partial charge on any atom is 0.160 e. The van der Waals surface area contributed by atoms with Gasteiger partial charge in [-0.2, -0.15) is 0 Å². The molecule has 4 nitrogen and oxygen atoms in total. The van der Waals surface area contributed by atoms with Gasteiger partial charge in [0.1, 0.15) is 0 Å². The summed E-state index contributed by atoms with van der Waals surface area (Å²) < 4.78 is 16.2. The summed E-state index contributed by atoms with van der Waals surface area (Å²) in [5.74, 6) is 1.57. The first-order chi connectivity index (χ1) is 10.3. The minimum atomic E-state index is 0.365. The fourth-order valence-corrected chi connectivity index (χ4v) is 3.05. The SMILES string of the molecule is COc1ccc(CCNC2CCCCC2OC)cc1OC. The Kier molecular flexibility index (Phi) is 6.33. The Labute approximate surface area is 127 Å². The van der Waals surface area contributed by atoms with E-state index in [-0.39, 0.29) is 0 Å². The topological polar surface area (TPSA) is 39.7 Å². The van der Waals surface area contributed by atoms with Gasteiger partial charge in [-0.05, 0) is 43.5 Å². The zero-order chi connectivity index (χ0) is 15.1. The van der Waals surface area contributed by atoms with Crippen molar-refractivity contribution in [2.24, 2.45) is 0 Å².